The van der Waals surface area contributed by atoms with Gasteiger partial charge in [-0.15, -0.1) is 11.3 Å². The van der Waals surface area contributed by atoms with Crippen LogP contribution in [0.15, 0.2) is 42.5 Å². The molecule has 4 aromatic rings. The molecule has 0 unspecified atom stereocenters. The highest BCUT2D eigenvalue weighted by Crippen LogP contribution is 2.40. The summed E-state index contributed by atoms with van der Waals surface area (Å²) in [4.78, 5) is 24.2. The molecule has 1 aliphatic heterocycles. The van der Waals surface area contributed by atoms with E-state index in [-0.39, 0.29) is 12.8 Å². The number of fused-ring (bicyclic) bond motifs is 4. The smallest absolute Gasteiger partial charge is 0.337 e. The monoisotopic (exact) mass is 487 g/mol. The Labute approximate surface area is 207 Å². The molecule has 8 heteroatoms. The first-order valence-corrected chi connectivity index (χ1v) is 12.6. The van der Waals surface area contributed by atoms with Crippen molar-refractivity contribution >= 4 is 33.3 Å². The second-order valence-corrected chi connectivity index (χ2v) is 9.80. The van der Waals surface area contributed by atoms with Gasteiger partial charge in [0, 0.05) is 17.0 Å². The summed E-state index contributed by atoms with van der Waals surface area (Å²) in [6, 6.07) is 13.3. The van der Waals surface area contributed by atoms with Gasteiger partial charge in [-0.05, 0) is 67.5 Å². The van der Waals surface area contributed by atoms with Crippen molar-refractivity contribution in [3.8, 4) is 22.9 Å². The summed E-state index contributed by atoms with van der Waals surface area (Å²) in [5.74, 6) is 2.77. The topological polar surface area (TPSA) is 82.6 Å². The number of hydrogen-bond donors (Lipinski definition) is 1. The summed E-state index contributed by atoms with van der Waals surface area (Å²) in [6.07, 6.45) is 5.44. The Balaban J connectivity index is 1.31. The molecule has 0 bridgehead atoms. The summed E-state index contributed by atoms with van der Waals surface area (Å²) in [5.41, 5.74) is 3.95. The molecule has 35 heavy (non-hydrogen) atoms. The van der Waals surface area contributed by atoms with Crippen molar-refractivity contribution in [2.45, 2.75) is 32.1 Å². The number of nitrogens with zero attached hydrogens (tertiary/aromatic N) is 2. The first kappa shape index (κ1) is 21.9. The lowest BCUT2D eigenvalue weighted by Gasteiger charge is -2.14. The number of thiophene rings is 1. The summed E-state index contributed by atoms with van der Waals surface area (Å²) >= 11 is 1.78. The Kier molecular flexibility index (Phi) is 5.74. The number of carbonyl (C=O) groups excluding carboxylic acids is 1. The predicted octanol–water partition coefficient (Wildman–Crippen LogP) is 5.41. The summed E-state index contributed by atoms with van der Waals surface area (Å²) < 4.78 is 15.8. The molecule has 178 valence electrons. The number of ether oxygens (including phenoxy) is 3. The number of benzene rings is 2. The van der Waals surface area contributed by atoms with Gasteiger partial charge in [-0.3, -0.25) is 0 Å². The van der Waals surface area contributed by atoms with Crippen molar-refractivity contribution in [3.05, 3.63) is 64.0 Å². The number of aromatic nitrogens is 2. The summed E-state index contributed by atoms with van der Waals surface area (Å²) in [6.45, 7) is 1.01. The van der Waals surface area contributed by atoms with E-state index < -0.39 is 0 Å². The number of nitrogens with one attached hydrogen (secondary N) is 1. The minimum absolute atomic E-state index is 0.280. The number of anilines is 1. The van der Waals surface area contributed by atoms with E-state index in [0.29, 0.717) is 11.4 Å². The van der Waals surface area contributed by atoms with Gasteiger partial charge >= 0.3 is 5.97 Å². The zero-order chi connectivity index (χ0) is 23.8. The van der Waals surface area contributed by atoms with Crippen LogP contribution in [0.2, 0.25) is 0 Å². The van der Waals surface area contributed by atoms with E-state index in [0.717, 1.165) is 58.9 Å². The van der Waals surface area contributed by atoms with Crippen LogP contribution in [0.5, 0.6) is 11.5 Å². The average molecular weight is 488 g/mol. The third-order valence-corrected chi connectivity index (χ3v) is 7.71. The molecular weight excluding hydrogens is 462 g/mol. The van der Waals surface area contributed by atoms with Gasteiger partial charge in [-0.25, -0.2) is 14.8 Å². The lowest BCUT2D eigenvalue weighted by atomic mass is 9.97. The number of methoxy groups -OCH3 is 1. The van der Waals surface area contributed by atoms with Gasteiger partial charge in [-0.1, -0.05) is 18.2 Å². The predicted molar refractivity (Wildman–Crippen MR) is 136 cm³/mol. The molecule has 7 nitrogen and oxygen atoms in total. The minimum atomic E-state index is -0.357. The average Bonchev–Trinajstić information content (AvgIpc) is 3.52. The Hall–Kier alpha value is -3.65. The van der Waals surface area contributed by atoms with Gasteiger partial charge in [0.2, 0.25) is 6.79 Å². The van der Waals surface area contributed by atoms with Crippen LogP contribution >= 0.6 is 11.3 Å². The Bertz CT molecular complexity index is 1410. The molecule has 2 aromatic carbocycles. The molecular formula is C27H25N3O4S. The summed E-state index contributed by atoms with van der Waals surface area (Å²) in [7, 11) is 1.38. The Morgan fingerprint density at radius 3 is 2.74 bits per heavy atom. The van der Waals surface area contributed by atoms with Crippen LogP contribution in [0.4, 0.5) is 5.82 Å². The van der Waals surface area contributed by atoms with E-state index in [1.807, 2.05) is 24.3 Å². The maximum absolute atomic E-state index is 11.8. The van der Waals surface area contributed by atoms with Crippen molar-refractivity contribution in [1.82, 2.24) is 9.97 Å². The second kappa shape index (κ2) is 9.19. The van der Waals surface area contributed by atoms with Crippen LogP contribution in [0, 0.1) is 0 Å². The largest absolute Gasteiger partial charge is 0.465 e. The highest BCUT2D eigenvalue weighted by atomic mass is 32.1. The lowest BCUT2D eigenvalue weighted by Crippen LogP contribution is -2.09. The first-order chi connectivity index (χ1) is 17.2. The second-order valence-electron chi connectivity index (χ2n) is 8.72. The van der Waals surface area contributed by atoms with E-state index in [9.17, 15) is 4.79 Å². The number of carbonyl (C=O) groups is 1. The molecule has 0 atom stereocenters. The molecule has 2 aliphatic rings. The van der Waals surface area contributed by atoms with Gasteiger partial charge in [0.1, 0.15) is 10.6 Å². The van der Waals surface area contributed by atoms with Crippen LogP contribution in [-0.4, -0.2) is 36.4 Å². The molecule has 0 amide bonds. The highest BCUT2D eigenvalue weighted by Gasteiger charge is 2.22. The maximum Gasteiger partial charge on any atom is 0.337 e. The normalized spacial score (nSPS) is 14.1. The van der Waals surface area contributed by atoms with Gasteiger partial charge in [0.05, 0.1) is 18.1 Å². The molecule has 2 aromatic heterocycles. The quantitative estimate of drug-likeness (QED) is 0.364. The van der Waals surface area contributed by atoms with Gasteiger partial charge in [-0.2, -0.15) is 0 Å². The fraction of sp³-hybridized carbons (Fsp3) is 0.296. The Morgan fingerprint density at radius 2 is 1.89 bits per heavy atom. The molecule has 1 N–H and O–H groups in total. The van der Waals surface area contributed by atoms with Crippen LogP contribution in [-0.2, 0) is 24.0 Å². The first-order valence-electron chi connectivity index (χ1n) is 11.8. The zero-order valence-electron chi connectivity index (χ0n) is 19.4. The Morgan fingerprint density at radius 1 is 1.06 bits per heavy atom. The molecule has 0 spiro atoms. The third kappa shape index (κ3) is 4.18. The number of esters is 1. The van der Waals surface area contributed by atoms with E-state index in [1.54, 1.807) is 23.5 Å². The summed E-state index contributed by atoms with van der Waals surface area (Å²) in [5, 5.41) is 4.76. The van der Waals surface area contributed by atoms with Crippen molar-refractivity contribution in [2.75, 3.05) is 25.8 Å². The molecule has 6 rings (SSSR count). The number of rotatable bonds is 6. The van der Waals surface area contributed by atoms with Gasteiger partial charge < -0.3 is 19.5 Å². The van der Waals surface area contributed by atoms with Gasteiger partial charge in [0.15, 0.2) is 17.3 Å². The fourth-order valence-corrected chi connectivity index (χ4v) is 5.97. The van der Waals surface area contributed by atoms with Crippen molar-refractivity contribution in [2.24, 2.45) is 0 Å². The van der Waals surface area contributed by atoms with Crippen LogP contribution in [0.3, 0.4) is 0 Å². The highest BCUT2D eigenvalue weighted by molar-refractivity contribution is 7.19. The van der Waals surface area contributed by atoms with E-state index in [2.05, 4.69) is 11.4 Å². The molecule has 0 saturated heterocycles. The van der Waals surface area contributed by atoms with Crippen molar-refractivity contribution in [1.29, 1.82) is 0 Å². The van der Waals surface area contributed by atoms with E-state index in [4.69, 9.17) is 24.2 Å². The van der Waals surface area contributed by atoms with Crippen LogP contribution < -0.4 is 14.8 Å². The van der Waals surface area contributed by atoms with Crippen molar-refractivity contribution < 1.29 is 19.0 Å². The van der Waals surface area contributed by atoms with Gasteiger partial charge in [0.25, 0.3) is 0 Å². The van der Waals surface area contributed by atoms with Crippen LogP contribution in [0.1, 0.15) is 39.2 Å². The van der Waals surface area contributed by atoms with Crippen molar-refractivity contribution in [3.63, 3.8) is 0 Å². The fourth-order valence-electron chi connectivity index (χ4n) is 4.71. The number of aryl methyl sites for hydroxylation is 2. The zero-order valence-corrected chi connectivity index (χ0v) is 20.2. The SMILES string of the molecule is COC(=O)c1ccc(-c2nc(NCCc3ccc4c(c3)OCO4)c3c4c(sc3n2)CCCC4)cc1. The molecule has 0 fully saturated rings. The number of hydrogen-bond acceptors (Lipinski definition) is 8. The minimum Gasteiger partial charge on any atom is -0.465 e. The third-order valence-electron chi connectivity index (χ3n) is 6.52. The molecule has 1 aliphatic carbocycles. The maximum atomic E-state index is 11.8. The lowest BCUT2D eigenvalue weighted by molar-refractivity contribution is 0.0600. The van der Waals surface area contributed by atoms with E-state index >= 15 is 0 Å². The standard InChI is InChI=1S/C27H25N3O4S/c1-32-27(31)18-9-7-17(8-10-18)24-29-25(23-19-4-2-3-5-22(19)35-26(23)30-24)28-13-12-16-6-11-20-21(14-16)34-15-33-20/h6-11,14H,2-5,12-13,15H2,1H3,(H,28,29,30). The van der Waals surface area contributed by atoms with E-state index in [1.165, 1.54) is 36.0 Å². The molecule has 0 radical (unpaired) electrons. The molecule has 3 heterocycles. The molecule has 0 saturated carbocycles. The van der Waals surface area contributed by atoms with Crippen LogP contribution in [0.25, 0.3) is 21.6 Å².